The van der Waals surface area contributed by atoms with E-state index >= 15 is 0 Å². The van der Waals surface area contributed by atoms with Crippen molar-refractivity contribution in [1.82, 2.24) is 19.9 Å². The summed E-state index contributed by atoms with van der Waals surface area (Å²) in [5.41, 5.74) is 1.42. The first-order chi connectivity index (χ1) is 16.0. The van der Waals surface area contributed by atoms with Crippen LogP contribution in [0.25, 0.3) is 11.4 Å². The molecule has 0 N–H and O–H groups in total. The second kappa shape index (κ2) is 10.4. The number of non-ortho nitro benzene ring substituents is 1. The normalized spacial score (nSPS) is 14.5. The summed E-state index contributed by atoms with van der Waals surface area (Å²) in [5, 5.41) is 14.9. The molecule has 0 radical (unpaired) electrons. The highest BCUT2D eigenvalue weighted by atomic mass is 16.6. The van der Waals surface area contributed by atoms with E-state index in [0.717, 1.165) is 44.5 Å². The lowest BCUT2D eigenvalue weighted by Gasteiger charge is -2.38. The number of hydrogen-bond donors (Lipinski definition) is 0. The van der Waals surface area contributed by atoms with Crippen molar-refractivity contribution in [1.29, 1.82) is 0 Å². The van der Waals surface area contributed by atoms with E-state index in [0.29, 0.717) is 29.9 Å². The van der Waals surface area contributed by atoms with Crippen LogP contribution in [0.1, 0.15) is 42.4 Å². The molecule has 33 heavy (non-hydrogen) atoms. The van der Waals surface area contributed by atoms with E-state index in [1.807, 2.05) is 35.2 Å². The molecule has 1 aromatic heterocycles. The molecule has 2 aromatic carbocycles. The van der Waals surface area contributed by atoms with Gasteiger partial charge in [0.15, 0.2) is 0 Å². The Morgan fingerprint density at radius 2 is 1.85 bits per heavy atom. The van der Waals surface area contributed by atoms with Crippen LogP contribution in [0.5, 0.6) is 0 Å². The van der Waals surface area contributed by atoms with Gasteiger partial charge in [-0.15, -0.1) is 0 Å². The van der Waals surface area contributed by atoms with Crippen LogP contribution in [0.2, 0.25) is 0 Å². The fourth-order valence-corrected chi connectivity index (χ4v) is 4.22. The topological polar surface area (TPSA) is 106 Å². The number of hydrogen-bond acceptors (Lipinski definition) is 7. The third-order valence-electron chi connectivity index (χ3n) is 5.94. The zero-order chi connectivity index (χ0) is 23.2. The van der Waals surface area contributed by atoms with Crippen LogP contribution < -0.4 is 0 Å². The Kier molecular flexibility index (Phi) is 7.09. The van der Waals surface area contributed by atoms with Gasteiger partial charge < -0.3 is 9.42 Å². The number of carbonyl (C=O) groups excluding carboxylic acids is 1. The molecule has 1 amide bonds. The average Bonchev–Trinajstić information content (AvgIpc) is 3.32. The van der Waals surface area contributed by atoms with E-state index in [-0.39, 0.29) is 11.6 Å². The number of likely N-dealkylation sites (tertiary alicyclic amines) is 1. The molecule has 1 aliphatic heterocycles. The monoisotopic (exact) mass is 449 g/mol. The number of carbonyl (C=O) groups is 1. The minimum Gasteiger partial charge on any atom is -0.339 e. The molecule has 0 spiro atoms. The molecule has 1 fully saturated rings. The molecule has 0 atom stereocenters. The maximum atomic E-state index is 12.7. The fourth-order valence-electron chi connectivity index (χ4n) is 4.22. The maximum Gasteiger partial charge on any atom is 0.269 e. The molecule has 3 aromatic rings. The second-order valence-corrected chi connectivity index (χ2v) is 8.18. The highest BCUT2D eigenvalue weighted by molar-refractivity contribution is 5.94. The molecule has 172 valence electrons. The molecule has 9 nitrogen and oxygen atoms in total. The van der Waals surface area contributed by atoms with Crippen molar-refractivity contribution in [2.75, 3.05) is 19.6 Å². The number of nitro benzene ring substituents is 1. The molecule has 0 unspecified atom stereocenters. The minimum absolute atomic E-state index is 0.0219. The zero-order valence-corrected chi connectivity index (χ0v) is 18.6. The molecule has 1 aliphatic rings. The van der Waals surface area contributed by atoms with Gasteiger partial charge in [0.25, 0.3) is 11.6 Å². The number of benzene rings is 2. The first-order valence-electron chi connectivity index (χ1n) is 11.2. The Bertz CT molecular complexity index is 1080. The lowest BCUT2D eigenvalue weighted by atomic mass is 10.0. The van der Waals surface area contributed by atoms with Crippen molar-refractivity contribution in [2.45, 2.75) is 38.8 Å². The largest absolute Gasteiger partial charge is 0.339 e. The Balaban J connectivity index is 1.37. The summed E-state index contributed by atoms with van der Waals surface area (Å²) in [6.07, 6.45) is 2.77. The summed E-state index contributed by atoms with van der Waals surface area (Å²) in [6.45, 7) is 5.00. The van der Waals surface area contributed by atoms with E-state index in [1.54, 1.807) is 12.1 Å². The van der Waals surface area contributed by atoms with Crippen molar-refractivity contribution in [3.63, 3.8) is 0 Å². The Morgan fingerprint density at radius 1 is 1.15 bits per heavy atom. The number of aromatic nitrogens is 2. The molecular formula is C24H27N5O4. The van der Waals surface area contributed by atoms with Crippen LogP contribution in [0.3, 0.4) is 0 Å². The molecule has 0 saturated carbocycles. The predicted octanol–water partition coefficient (Wildman–Crippen LogP) is 4.16. The van der Waals surface area contributed by atoms with E-state index in [1.165, 1.54) is 12.1 Å². The average molecular weight is 450 g/mol. The van der Waals surface area contributed by atoms with Gasteiger partial charge >= 0.3 is 0 Å². The molecule has 1 saturated heterocycles. The highest BCUT2D eigenvalue weighted by Gasteiger charge is 2.28. The van der Waals surface area contributed by atoms with Crippen molar-refractivity contribution < 1.29 is 14.2 Å². The number of nitrogens with zero attached hydrogens (tertiary/aromatic N) is 5. The van der Waals surface area contributed by atoms with Crippen LogP contribution >= 0.6 is 0 Å². The second-order valence-electron chi connectivity index (χ2n) is 8.18. The maximum absolute atomic E-state index is 12.7. The number of amides is 1. The zero-order valence-electron chi connectivity index (χ0n) is 18.6. The standard InChI is InChI=1S/C24H27N5O4/c1-2-14-28(20-12-15-27(16-13-20)24(30)19-6-4-3-5-7-19)17-22-25-23(26-33-22)18-8-10-21(11-9-18)29(31)32/h3-11,20H,2,12-17H2,1H3. The molecule has 2 heterocycles. The van der Waals surface area contributed by atoms with Crippen molar-refractivity contribution in [2.24, 2.45) is 0 Å². The van der Waals surface area contributed by atoms with Gasteiger partial charge in [-0.25, -0.2) is 0 Å². The summed E-state index contributed by atoms with van der Waals surface area (Å²) >= 11 is 0. The molecule has 0 bridgehead atoms. The molecular weight excluding hydrogens is 422 g/mol. The van der Waals surface area contributed by atoms with Gasteiger partial charge in [-0.05, 0) is 50.1 Å². The summed E-state index contributed by atoms with van der Waals surface area (Å²) in [6, 6.07) is 15.8. The van der Waals surface area contributed by atoms with Crippen LogP contribution in [-0.2, 0) is 6.54 Å². The quantitative estimate of drug-likeness (QED) is 0.375. The van der Waals surface area contributed by atoms with Gasteiger partial charge in [-0.3, -0.25) is 19.8 Å². The van der Waals surface area contributed by atoms with Crippen LogP contribution in [0.4, 0.5) is 5.69 Å². The van der Waals surface area contributed by atoms with Gasteiger partial charge in [-0.2, -0.15) is 4.98 Å². The summed E-state index contributed by atoms with van der Waals surface area (Å²) in [7, 11) is 0. The Morgan fingerprint density at radius 3 is 2.48 bits per heavy atom. The third-order valence-corrected chi connectivity index (χ3v) is 5.94. The van der Waals surface area contributed by atoms with Gasteiger partial charge in [0.2, 0.25) is 11.7 Å². The van der Waals surface area contributed by atoms with E-state index in [2.05, 4.69) is 22.0 Å². The summed E-state index contributed by atoms with van der Waals surface area (Å²) < 4.78 is 5.48. The van der Waals surface area contributed by atoms with E-state index < -0.39 is 4.92 Å². The SMILES string of the molecule is CCCN(Cc1nc(-c2ccc([N+](=O)[O-])cc2)no1)C1CCN(C(=O)c2ccccc2)CC1. The number of rotatable bonds is 8. The molecule has 9 heteroatoms. The van der Waals surface area contributed by atoms with Gasteiger partial charge in [0, 0.05) is 42.4 Å². The van der Waals surface area contributed by atoms with Gasteiger partial charge in [0.1, 0.15) is 0 Å². The lowest BCUT2D eigenvalue weighted by molar-refractivity contribution is -0.384. The Labute approximate surface area is 192 Å². The first-order valence-corrected chi connectivity index (χ1v) is 11.2. The van der Waals surface area contributed by atoms with Gasteiger partial charge in [-0.1, -0.05) is 30.3 Å². The number of nitro groups is 1. The van der Waals surface area contributed by atoms with Crippen molar-refractivity contribution >= 4 is 11.6 Å². The van der Waals surface area contributed by atoms with Crippen LogP contribution in [0, 0.1) is 10.1 Å². The predicted molar refractivity (Wildman–Crippen MR) is 122 cm³/mol. The van der Waals surface area contributed by atoms with Gasteiger partial charge in [0.05, 0.1) is 11.5 Å². The minimum atomic E-state index is -0.438. The van der Waals surface area contributed by atoms with Crippen molar-refractivity contribution in [3.8, 4) is 11.4 Å². The smallest absolute Gasteiger partial charge is 0.269 e. The van der Waals surface area contributed by atoms with E-state index in [9.17, 15) is 14.9 Å². The fraction of sp³-hybridized carbons (Fsp3) is 0.375. The summed E-state index contributed by atoms with van der Waals surface area (Å²) in [4.78, 5) is 31.9. The van der Waals surface area contributed by atoms with Crippen molar-refractivity contribution in [3.05, 3.63) is 76.2 Å². The third kappa shape index (κ3) is 5.43. The van der Waals surface area contributed by atoms with Crippen LogP contribution in [0.15, 0.2) is 59.1 Å². The van der Waals surface area contributed by atoms with Crippen LogP contribution in [-0.4, -0.2) is 56.4 Å². The lowest BCUT2D eigenvalue weighted by Crippen LogP contribution is -2.46. The number of piperidine rings is 1. The Hall–Kier alpha value is -3.59. The molecule has 4 rings (SSSR count). The molecule has 0 aliphatic carbocycles. The first kappa shape index (κ1) is 22.6. The highest BCUT2D eigenvalue weighted by Crippen LogP contribution is 2.23. The van der Waals surface area contributed by atoms with E-state index in [4.69, 9.17) is 4.52 Å². The summed E-state index contributed by atoms with van der Waals surface area (Å²) in [5.74, 6) is 1.01.